The van der Waals surface area contributed by atoms with E-state index in [-0.39, 0.29) is 0 Å². The molecule has 2 rings (SSSR count). The van der Waals surface area contributed by atoms with E-state index in [1.807, 2.05) is 13.8 Å². The first-order chi connectivity index (χ1) is 6.58. The summed E-state index contributed by atoms with van der Waals surface area (Å²) in [5.74, 6) is -0.751. The Morgan fingerprint density at radius 1 is 1.36 bits per heavy atom. The van der Waals surface area contributed by atoms with E-state index in [4.69, 9.17) is 5.11 Å². The molecule has 4 nitrogen and oxygen atoms in total. The number of carboxylic acid groups (broad SMARTS) is 1. The summed E-state index contributed by atoms with van der Waals surface area (Å²) in [5, 5.41) is 9.15. The maximum Gasteiger partial charge on any atom is 0.314 e. The Morgan fingerprint density at radius 2 is 1.86 bits per heavy atom. The van der Waals surface area contributed by atoms with Crippen molar-refractivity contribution in [1.29, 1.82) is 0 Å². The third-order valence-corrected chi connectivity index (χ3v) is 2.86. The summed E-state index contributed by atoms with van der Waals surface area (Å²) < 4.78 is 0. The number of aliphatic carboxylic acids is 1. The van der Waals surface area contributed by atoms with Crippen molar-refractivity contribution in [2.45, 2.75) is 32.1 Å². The van der Waals surface area contributed by atoms with Crippen LogP contribution in [-0.2, 0) is 10.2 Å². The molecule has 0 spiro atoms. The average Bonchev–Trinajstić information content (AvgIpc) is 2.85. The Balaban J connectivity index is 2.56. The zero-order chi connectivity index (χ0) is 10.3. The second-order valence-corrected chi connectivity index (χ2v) is 3.81. The molecule has 0 saturated heterocycles. The Labute approximate surface area is 82.0 Å². The summed E-state index contributed by atoms with van der Waals surface area (Å²) in [6, 6.07) is 0. The van der Waals surface area contributed by atoms with Crippen LogP contribution in [0, 0.1) is 13.8 Å². The highest BCUT2D eigenvalue weighted by atomic mass is 16.4. The largest absolute Gasteiger partial charge is 0.481 e. The fraction of sp³-hybridized carbons (Fsp3) is 0.500. The topological polar surface area (TPSA) is 63.1 Å². The number of nitrogens with zero attached hydrogens (tertiary/aromatic N) is 2. The summed E-state index contributed by atoms with van der Waals surface area (Å²) in [6.45, 7) is 3.68. The molecule has 74 valence electrons. The van der Waals surface area contributed by atoms with Gasteiger partial charge in [-0.3, -0.25) is 4.79 Å². The minimum atomic E-state index is -0.751. The Hall–Kier alpha value is -1.45. The van der Waals surface area contributed by atoms with E-state index in [1.165, 1.54) is 6.33 Å². The summed E-state index contributed by atoms with van der Waals surface area (Å²) in [5.41, 5.74) is 1.71. The molecule has 0 aliphatic heterocycles. The van der Waals surface area contributed by atoms with Gasteiger partial charge in [-0.1, -0.05) is 0 Å². The van der Waals surface area contributed by atoms with Gasteiger partial charge in [0.2, 0.25) is 0 Å². The van der Waals surface area contributed by atoms with Crippen LogP contribution in [0.4, 0.5) is 0 Å². The molecule has 1 aromatic heterocycles. The molecule has 4 heteroatoms. The fourth-order valence-electron chi connectivity index (χ4n) is 1.98. The fourth-order valence-corrected chi connectivity index (χ4v) is 1.98. The van der Waals surface area contributed by atoms with Gasteiger partial charge in [0.05, 0.1) is 5.41 Å². The normalized spacial score (nSPS) is 17.9. The molecule has 1 fully saturated rings. The number of carbonyl (C=O) groups is 1. The Morgan fingerprint density at radius 3 is 2.21 bits per heavy atom. The van der Waals surface area contributed by atoms with Gasteiger partial charge < -0.3 is 5.11 Å². The zero-order valence-electron chi connectivity index (χ0n) is 8.24. The second kappa shape index (κ2) is 2.77. The van der Waals surface area contributed by atoms with Gasteiger partial charge >= 0.3 is 5.97 Å². The molecule has 1 aliphatic rings. The van der Waals surface area contributed by atoms with Gasteiger partial charge in [0.25, 0.3) is 0 Å². The van der Waals surface area contributed by atoms with Gasteiger partial charge in [0.1, 0.15) is 6.33 Å². The number of aromatic nitrogens is 2. The zero-order valence-corrected chi connectivity index (χ0v) is 8.24. The molecule has 0 bridgehead atoms. The van der Waals surface area contributed by atoms with Crippen LogP contribution < -0.4 is 0 Å². The van der Waals surface area contributed by atoms with Crippen LogP contribution in [0.1, 0.15) is 29.8 Å². The van der Waals surface area contributed by atoms with E-state index < -0.39 is 11.4 Å². The van der Waals surface area contributed by atoms with Crippen LogP contribution >= 0.6 is 0 Å². The summed E-state index contributed by atoms with van der Waals surface area (Å²) in [7, 11) is 0. The lowest BCUT2D eigenvalue weighted by molar-refractivity contribution is -0.140. The lowest BCUT2D eigenvalue weighted by Crippen LogP contribution is -2.23. The third-order valence-electron chi connectivity index (χ3n) is 2.86. The van der Waals surface area contributed by atoms with Gasteiger partial charge in [-0.25, -0.2) is 9.97 Å². The number of hydrogen-bond acceptors (Lipinski definition) is 3. The minimum Gasteiger partial charge on any atom is -0.481 e. The van der Waals surface area contributed by atoms with Gasteiger partial charge in [-0.2, -0.15) is 0 Å². The maximum absolute atomic E-state index is 11.1. The van der Waals surface area contributed by atoms with Crippen LogP contribution in [0.3, 0.4) is 0 Å². The number of hydrogen-bond donors (Lipinski definition) is 1. The second-order valence-electron chi connectivity index (χ2n) is 3.81. The van der Waals surface area contributed by atoms with Crippen molar-refractivity contribution in [3.8, 4) is 0 Å². The highest BCUT2D eigenvalue weighted by Crippen LogP contribution is 2.49. The van der Waals surface area contributed by atoms with E-state index in [9.17, 15) is 4.79 Å². The Bertz CT molecular complexity index is 377. The molecule has 0 atom stereocenters. The summed E-state index contributed by atoms with van der Waals surface area (Å²) in [6.07, 6.45) is 2.89. The molecule has 0 amide bonds. The lowest BCUT2D eigenvalue weighted by Gasteiger charge is -2.14. The van der Waals surface area contributed by atoms with Crippen molar-refractivity contribution >= 4 is 5.97 Å². The summed E-state index contributed by atoms with van der Waals surface area (Å²) >= 11 is 0. The molecule has 1 aliphatic carbocycles. The molecule has 1 N–H and O–H groups in total. The highest BCUT2D eigenvalue weighted by Gasteiger charge is 2.53. The number of aryl methyl sites for hydroxylation is 2. The van der Waals surface area contributed by atoms with E-state index in [2.05, 4.69) is 9.97 Å². The Kier molecular flexibility index (Phi) is 1.80. The maximum atomic E-state index is 11.1. The van der Waals surface area contributed by atoms with Gasteiger partial charge in [0.15, 0.2) is 0 Å². The van der Waals surface area contributed by atoms with Crippen molar-refractivity contribution < 1.29 is 9.90 Å². The smallest absolute Gasteiger partial charge is 0.314 e. The first kappa shape index (κ1) is 9.12. The third kappa shape index (κ3) is 1.10. The molecule has 14 heavy (non-hydrogen) atoms. The molecular weight excluding hydrogens is 180 g/mol. The monoisotopic (exact) mass is 192 g/mol. The molecule has 1 aromatic rings. The number of carboxylic acids is 1. The minimum absolute atomic E-state index is 0.685. The predicted molar refractivity (Wildman–Crippen MR) is 50.1 cm³/mol. The number of rotatable bonds is 2. The first-order valence-corrected chi connectivity index (χ1v) is 4.60. The molecular formula is C10H12N2O2. The molecule has 0 unspecified atom stereocenters. The lowest BCUT2D eigenvalue weighted by atomic mass is 9.93. The van der Waals surface area contributed by atoms with Crippen molar-refractivity contribution in [2.75, 3.05) is 0 Å². The van der Waals surface area contributed by atoms with E-state index in [1.54, 1.807) is 0 Å². The van der Waals surface area contributed by atoms with Gasteiger partial charge in [-0.15, -0.1) is 0 Å². The van der Waals surface area contributed by atoms with Crippen LogP contribution in [0.25, 0.3) is 0 Å². The summed E-state index contributed by atoms with van der Waals surface area (Å²) in [4.78, 5) is 19.2. The predicted octanol–water partition coefficient (Wildman–Crippen LogP) is 1.21. The first-order valence-electron chi connectivity index (χ1n) is 4.60. The standard InChI is InChI=1S/C10H12N2O2/c1-6-8(7(2)12-5-11-6)10(3-4-10)9(13)14/h5H,3-4H2,1-2H3,(H,13,14). The van der Waals surface area contributed by atoms with Crippen molar-refractivity contribution in [3.63, 3.8) is 0 Å². The average molecular weight is 192 g/mol. The van der Waals surface area contributed by atoms with Crippen LogP contribution in [0.2, 0.25) is 0 Å². The SMILES string of the molecule is Cc1ncnc(C)c1C1(C(=O)O)CC1. The van der Waals surface area contributed by atoms with E-state index in [0.717, 1.165) is 17.0 Å². The molecule has 1 heterocycles. The van der Waals surface area contributed by atoms with Crippen molar-refractivity contribution in [2.24, 2.45) is 0 Å². The van der Waals surface area contributed by atoms with Crippen molar-refractivity contribution in [1.82, 2.24) is 9.97 Å². The quantitative estimate of drug-likeness (QED) is 0.765. The van der Waals surface area contributed by atoms with Gasteiger partial charge in [-0.05, 0) is 26.7 Å². The van der Waals surface area contributed by atoms with E-state index in [0.29, 0.717) is 12.8 Å². The van der Waals surface area contributed by atoms with Crippen LogP contribution in [0.15, 0.2) is 6.33 Å². The molecule has 0 radical (unpaired) electrons. The van der Waals surface area contributed by atoms with Crippen molar-refractivity contribution in [3.05, 3.63) is 23.3 Å². The molecule has 1 saturated carbocycles. The highest BCUT2D eigenvalue weighted by molar-refractivity contribution is 5.85. The molecule has 0 aromatic carbocycles. The van der Waals surface area contributed by atoms with Crippen LogP contribution in [-0.4, -0.2) is 21.0 Å². The van der Waals surface area contributed by atoms with Crippen LogP contribution in [0.5, 0.6) is 0 Å². The van der Waals surface area contributed by atoms with Gasteiger partial charge in [0, 0.05) is 17.0 Å². The van der Waals surface area contributed by atoms with E-state index >= 15 is 0 Å².